The van der Waals surface area contributed by atoms with Crippen LogP contribution in [0.4, 0.5) is 8.78 Å². The summed E-state index contributed by atoms with van der Waals surface area (Å²) in [6.07, 6.45) is -1.33. The van der Waals surface area contributed by atoms with Crippen LogP contribution in [0.3, 0.4) is 0 Å². The van der Waals surface area contributed by atoms with Gasteiger partial charge in [-0.2, -0.15) is 0 Å². The largest absolute Gasteiger partial charge is 0.465 e. The highest BCUT2D eigenvalue weighted by molar-refractivity contribution is 5.89. The smallest absolute Gasteiger partial charge is 0.337 e. The minimum atomic E-state index is -2.26. The number of halogens is 2. The van der Waals surface area contributed by atoms with Crippen LogP contribution in [0.5, 0.6) is 0 Å². The normalized spacial score (nSPS) is 23.4. The van der Waals surface area contributed by atoms with Crippen molar-refractivity contribution in [3.63, 3.8) is 0 Å². The molecule has 0 aliphatic carbocycles. The Morgan fingerprint density at radius 3 is 2.63 bits per heavy atom. The van der Waals surface area contributed by atoms with Crippen LogP contribution >= 0.6 is 0 Å². The Labute approximate surface area is 111 Å². The monoisotopic (exact) mass is 269 g/mol. The highest BCUT2D eigenvalue weighted by Gasteiger charge is 2.28. The Morgan fingerprint density at radius 2 is 2.05 bits per heavy atom. The first kappa shape index (κ1) is 13.9. The quantitative estimate of drug-likeness (QED) is 0.857. The number of methoxy groups -OCH3 is 1. The minimum absolute atomic E-state index is 0.0700. The summed E-state index contributed by atoms with van der Waals surface area (Å²) in [5.41, 5.74) is 1.39. The Hall–Kier alpha value is -1.49. The van der Waals surface area contributed by atoms with E-state index in [1.807, 2.05) is 0 Å². The predicted molar refractivity (Wildman–Crippen MR) is 67.3 cm³/mol. The van der Waals surface area contributed by atoms with Gasteiger partial charge in [-0.05, 0) is 37.1 Å². The number of piperidine rings is 1. The maximum Gasteiger partial charge on any atom is 0.337 e. The SMILES string of the molecule is COC(=O)c1ccc(C2CC(C(F)F)CCN2)cc1. The average Bonchev–Trinajstić information content (AvgIpc) is 2.46. The van der Waals surface area contributed by atoms with E-state index < -0.39 is 18.3 Å². The lowest BCUT2D eigenvalue weighted by molar-refractivity contribution is 0.0500. The summed E-state index contributed by atoms with van der Waals surface area (Å²) in [4.78, 5) is 11.3. The molecule has 1 saturated heterocycles. The second kappa shape index (κ2) is 6.10. The highest BCUT2D eigenvalue weighted by Crippen LogP contribution is 2.31. The van der Waals surface area contributed by atoms with Crippen LogP contribution in [0.1, 0.15) is 34.8 Å². The topological polar surface area (TPSA) is 38.3 Å². The standard InChI is InChI=1S/C14H17F2NO2/c1-19-14(18)10-4-2-9(3-5-10)12-8-11(13(15)16)6-7-17-12/h2-5,11-13,17H,6-8H2,1H3. The molecule has 0 saturated carbocycles. The Kier molecular flexibility index (Phi) is 4.47. The van der Waals surface area contributed by atoms with E-state index in [1.165, 1.54) is 7.11 Å². The molecule has 0 aromatic heterocycles. The van der Waals surface area contributed by atoms with E-state index in [4.69, 9.17) is 0 Å². The number of hydrogen-bond acceptors (Lipinski definition) is 3. The fourth-order valence-electron chi connectivity index (χ4n) is 2.40. The van der Waals surface area contributed by atoms with Crippen molar-refractivity contribution in [2.75, 3.05) is 13.7 Å². The molecule has 5 heteroatoms. The molecule has 1 aromatic rings. The summed E-state index contributed by atoms with van der Waals surface area (Å²) in [5.74, 6) is -0.944. The summed E-state index contributed by atoms with van der Waals surface area (Å²) in [5, 5.41) is 3.23. The Balaban J connectivity index is 2.07. The van der Waals surface area contributed by atoms with Crippen molar-refractivity contribution in [3.8, 4) is 0 Å². The molecule has 2 unspecified atom stereocenters. The molecule has 1 fully saturated rings. The molecule has 0 spiro atoms. The third kappa shape index (κ3) is 3.29. The summed E-state index contributed by atoms with van der Waals surface area (Å²) in [7, 11) is 1.33. The molecule has 19 heavy (non-hydrogen) atoms. The van der Waals surface area contributed by atoms with Gasteiger partial charge in [0.25, 0.3) is 0 Å². The van der Waals surface area contributed by atoms with E-state index in [2.05, 4.69) is 10.1 Å². The van der Waals surface area contributed by atoms with Gasteiger partial charge in [-0.3, -0.25) is 0 Å². The van der Waals surface area contributed by atoms with Gasteiger partial charge in [0.15, 0.2) is 0 Å². The van der Waals surface area contributed by atoms with E-state index >= 15 is 0 Å². The third-order valence-electron chi connectivity index (χ3n) is 3.53. The lowest BCUT2D eigenvalue weighted by Crippen LogP contribution is -2.34. The van der Waals surface area contributed by atoms with Crippen LogP contribution < -0.4 is 5.32 Å². The molecule has 0 amide bonds. The van der Waals surface area contributed by atoms with Gasteiger partial charge >= 0.3 is 5.97 Å². The first-order valence-electron chi connectivity index (χ1n) is 6.31. The molecule has 1 aliphatic heterocycles. The van der Waals surface area contributed by atoms with Gasteiger partial charge in [0.05, 0.1) is 12.7 Å². The van der Waals surface area contributed by atoms with Crippen molar-refractivity contribution < 1.29 is 18.3 Å². The van der Waals surface area contributed by atoms with Gasteiger partial charge in [0.1, 0.15) is 0 Å². The van der Waals surface area contributed by atoms with Crippen molar-refractivity contribution in [3.05, 3.63) is 35.4 Å². The Bertz CT molecular complexity index is 434. The third-order valence-corrected chi connectivity index (χ3v) is 3.53. The molecule has 3 nitrogen and oxygen atoms in total. The van der Waals surface area contributed by atoms with Crippen LogP contribution in [-0.2, 0) is 4.74 Å². The summed E-state index contributed by atoms with van der Waals surface area (Å²) in [6, 6.07) is 6.83. The molecule has 2 rings (SSSR count). The second-order valence-corrected chi connectivity index (χ2v) is 4.74. The first-order chi connectivity index (χ1) is 9.11. The van der Waals surface area contributed by atoms with Crippen LogP contribution in [0.25, 0.3) is 0 Å². The molecule has 1 N–H and O–H groups in total. The second-order valence-electron chi connectivity index (χ2n) is 4.74. The number of hydrogen-bond donors (Lipinski definition) is 1. The first-order valence-corrected chi connectivity index (χ1v) is 6.31. The van der Waals surface area contributed by atoms with Crippen molar-refractivity contribution in [1.29, 1.82) is 0 Å². The zero-order chi connectivity index (χ0) is 13.8. The number of esters is 1. The molecule has 1 aliphatic rings. The maximum absolute atomic E-state index is 12.7. The molecular formula is C14H17F2NO2. The van der Waals surface area contributed by atoms with Crippen LogP contribution in [0, 0.1) is 5.92 Å². The van der Waals surface area contributed by atoms with Crippen molar-refractivity contribution in [2.45, 2.75) is 25.3 Å². The number of alkyl halides is 2. The number of carbonyl (C=O) groups excluding carboxylic acids is 1. The number of nitrogens with one attached hydrogen (secondary N) is 1. The zero-order valence-electron chi connectivity index (χ0n) is 10.7. The summed E-state index contributed by atoms with van der Waals surface area (Å²) < 4.78 is 30.1. The van der Waals surface area contributed by atoms with Gasteiger partial charge in [-0.25, -0.2) is 13.6 Å². The molecule has 2 atom stereocenters. The number of ether oxygens (including phenoxy) is 1. The molecule has 1 aromatic carbocycles. The highest BCUT2D eigenvalue weighted by atomic mass is 19.3. The predicted octanol–water partition coefficient (Wildman–Crippen LogP) is 2.78. The lowest BCUT2D eigenvalue weighted by atomic mass is 9.89. The zero-order valence-corrected chi connectivity index (χ0v) is 10.7. The molecule has 0 radical (unpaired) electrons. The number of benzene rings is 1. The molecular weight excluding hydrogens is 252 g/mol. The van der Waals surface area contributed by atoms with E-state index in [1.54, 1.807) is 24.3 Å². The van der Waals surface area contributed by atoms with E-state index in [0.29, 0.717) is 24.9 Å². The summed E-state index contributed by atoms with van der Waals surface area (Å²) in [6.45, 7) is 0.596. The lowest BCUT2D eigenvalue weighted by Gasteiger charge is -2.30. The van der Waals surface area contributed by atoms with Gasteiger partial charge < -0.3 is 10.1 Å². The van der Waals surface area contributed by atoms with Gasteiger partial charge in [-0.1, -0.05) is 12.1 Å². The van der Waals surface area contributed by atoms with E-state index in [-0.39, 0.29) is 6.04 Å². The van der Waals surface area contributed by atoms with Gasteiger partial charge in [0, 0.05) is 12.0 Å². The molecule has 1 heterocycles. The van der Waals surface area contributed by atoms with E-state index in [9.17, 15) is 13.6 Å². The van der Waals surface area contributed by atoms with Gasteiger partial charge in [-0.15, -0.1) is 0 Å². The Morgan fingerprint density at radius 1 is 1.37 bits per heavy atom. The van der Waals surface area contributed by atoms with Crippen LogP contribution in [0.2, 0.25) is 0 Å². The molecule has 0 bridgehead atoms. The summed E-state index contributed by atoms with van der Waals surface area (Å²) >= 11 is 0. The fraction of sp³-hybridized carbons (Fsp3) is 0.500. The number of rotatable bonds is 3. The molecule has 104 valence electrons. The number of carbonyl (C=O) groups is 1. The average molecular weight is 269 g/mol. The van der Waals surface area contributed by atoms with Gasteiger partial charge in [0.2, 0.25) is 6.43 Å². The minimum Gasteiger partial charge on any atom is -0.465 e. The van der Waals surface area contributed by atoms with E-state index in [0.717, 1.165) is 5.56 Å². The fourth-order valence-corrected chi connectivity index (χ4v) is 2.40. The van der Waals surface area contributed by atoms with Crippen LogP contribution in [-0.4, -0.2) is 26.0 Å². The maximum atomic E-state index is 12.7. The van der Waals surface area contributed by atoms with Crippen LogP contribution in [0.15, 0.2) is 24.3 Å². The van der Waals surface area contributed by atoms with Crippen molar-refractivity contribution in [1.82, 2.24) is 5.32 Å². The van der Waals surface area contributed by atoms with Crippen molar-refractivity contribution >= 4 is 5.97 Å². The van der Waals surface area contributed by atoms with Crippen molar-refractivity contribution in [2.24, 2.45) is 5.92 Å².